The number of para-hydroxylation sites is 1. The third kappa shape index (κ3) is 4.65. The van der Waals surface area contributed by atoms with Crippen LogP contribution in [0.2, 0.25) is 5.02 Å². The van der Waals surface area contributed by atoms with Gasteiger partial charge in [-0.25, -0.2) is 14.1 Å². The number of carbonyl (C=O) groups is 1. The predicted octanol–water partition coefficient (Wildman–Crippen LogP) is 5.07. The molecule has 4 rings (SSSR count). The highest BCUT2D eigenvalue weighted by atomic mass is 35.5. The minimum atomic E-state index is -0.601. The van der Waals surface area contributed by atoms with Crippen molar-refractivity contribution in [1.82, 2.24) is 19.3 Å². The van der Waals surface area contributed by atoms with Gasteiger partial charge in [0, 0.05) is 12.1 Å². The van der Waals surface area contributed by atoms with E-state index in [-0.39, 0.29) is 22.5 Å². The van der Waals surface area contributed by atoms with Gasteiger partial charge in [-0.2, -0.15) is 5.10 Å². The molecule has 2 aromatic carbocycles. The zero-order chi connectivity index (χ0) is 23.7. The van der Waals surface area contributed by atoms with Crippen molar-refractivity contribution in [2.45, 2.75) is 37.2 Å². The molecule has 0 aliphatic carbocycles. The molecule has 2 aromatic heterocycles. The van der Waals surface area contributed by atoms with E-state index in [1.54, 1.807) is 48.1 Å². The molecule has 4 aromatic rings. The summed E-state index contributed by atoms with van der Waals surface area (Å²) in [5.41, 5.74) is 0.522. The summed E-state index contributed by atoms with van der Waals surface area (Å²) < 4.78 is 16.8. The van der Waals surface area contributed by atoms with Crippen LogP contribution in [0.3, 0.4) is 0 Å². The molecule has 0 saturated heterocycles. The minimum absolute atomic E-state index is 0.0776. The van der Waals surface area contributed by atoms with Gasteiger partial charge in [0.05, 0.1) is 33.1 Å². The third-order valence-corrected chi connectivity index (χ3v) is 6.31. The lowest BCUT2D eigenvalue weighted by Crippen LogP contribution is -2.27. The third-order valence-electron chi connectivity index (χ3n) is 4.97. The summed E-state index contributed by atoms with van der Waals surface area (Å²) in [6, 6.07) is 12.7. The van der Waals surface area contributed by atoms with E-state index in [1.165, 1.54) is 22.8 Å². The average Bonchev–Trinajstić information content (AvgIpc) is 3.24. The van der Waals surface area contributed by atoms with E-state index in [1.807, 2.05) is 13.8 Å². The number of thioether (sulfide) groups is 1. The Morgan fingerprint density at radius 3 is 2.64 bits per heavy atom. The Bertz CT molecular complexity index is 1400. The minimum Gasteiger partial charge on any atom is -0.310 e. The van der Waals surface area contributed by atoms with Crippen LogP contribution in [0.4, 0.5) is 10.2 Å². The highest BCUT2D eigenvalue weighted by Crippen LogP contribution is 2.27. The molecular formula is C23H21ClFN5O2S. The maximum atomic E-state index is 13.8. The molecule has 0 saturated carbocycles. The van der Waals surface area contributed by atoms with Crippen molar-refractivity contribution in [2.24, 2.45) is 0 Å². The van der Waals surface area contributed by atoms with Gasteiger partial charge >= 0.3 is 0 Å². The fourth-order valence-corrected chi connectivity index (χ4v) is 4.41. The molecule has 1 amide bonds. The molecule has 0 aliphatic heterocycles. The molecule has 0 spiro atoms. The topological polar surface area (TPSA) is 81.8 Å². The number of anilines is 1. The summed E-state index contributed by atoms with van der Waals surface area (Å²) in [4.78, 5) is 30.9. The zero-order valence-electron chi connectivity index (χ0n) is 18.1. The molecule has 170 valence electrons. The lowest BCUT2D eigenvalue weighted by atomic mass is 10.2. The first kappa shape index (κ1) is 23.0. The second-order valence-corrected chi connectivity index (χ2v) is 9.37. The number of nitrogens with one attached hydrogen (secondary N) is 1. The number of hydrogen-bond acceptors (Lipinski definition) is 5. The summed E-state index contributed by atoms with van der Waals surface area (Å²) in [5, 5.41) is 7.08. The van der Waals surface area contributed by atoms with E-state index in [9.17, 15) is 14.0 Å². The van der Waals surface area contributed by atoms with E-state index in [0.717, 1.165) is 11.8 Å². The van der Waals surface area contributed by atoms with Crippen LogP contribution >= 0.6 is 23.4 Å². The van der Waals surface area contributed by atoms with Gasteiger partial charge in [-0.15, -0.1) is 0 Å². The predicted molar refractivity (Wildman–Crippen MR) is 129 cm³/mol. The molecule has 10 heteroatoms. The summed E-state index contributed by atoms with van der Waals surface area (Å²) in [5.74, 6) is -0.281. The van der Waals surface area contributed by atoms with Gasteiger partial charge in [-0.05, 0) is 51.1 Å². The number of amides is 1. The van der Waals surface area contributed by atoms with Crippen LogP contribution in [0.5, 0.6) is 0 Å². The average molecular weight is 486 g/mol. The Kier molecular flexibility index (Phi) is 6.53. The van der Waals surface area contributed by atoms with Crippen LogP contribution in [0, 0.1) is 5.82 Å². The summed E-state index contributed by atoms with van der Waals surface area (Å²) >= 11 is 7.09. The highest BCUT2D eigenvalue weighted by Gasteiger charge is 2.22. The first-order valence-corrected chi connectivity index (χ1v) is 11.5. The van der Waals surface area contributed by atoms with Gasteiger partial charge in [0.15, 0.2) is 5.16 Å². The van der Waals surface area contributed by atoms with Crippen molar-refractivity contribution in [3.8, 4) is 5.69 Å². The number of aromatic nitrogens is 4. The van der Waals surface area contributed by atoms with Crippen molar-refractivity contribution in [2.75, 3.05) is 5.32 Å². The van der Waals surface area contributed by atoms with Crippen LogP contribution in [0.1, 0.15) is 26.8 Å². The Hall–Kier alpha value is -3.17. The first-order valence-electron chi connectivity index (χ1n) is 10.2. The van der Waals surface area contributed by atoms with Gasteiger partial charge in [0.2, 0.25) is 5.91 Å². The highest BCUT2D eigenvalue weighted by molar-refractivity contribution is 8.00. The number of halogens is 2. The number of fused-ring (bicyclic) bond motifs is 1. The second kappa shape index (κ2) is 9.36. The standard InChI is InChI=1S/C23H21ClFN5O2S/c1-13(2)30-20(10-11-26-30)28-21(31)14(3)33-23-27-19-7-5-4-6-16(19)22(32)29(23)15-8-9-18(25)17(24)12-15/h4-14H,1-3H3,(H,28,31). The van der Waals surface area contributed by atoms with Crippen molar-refractivity contribution >= 4 is 46.0 Å². The maximum Gasteiger partial charge on any atom is 0.266 e. The first-order chi connectivity index (χ1) is 15.8. The molecule has 0 bridgehead atoms. The molecule has 1 atom stereocenters. The molecule has 33 heavy (non-hydrogen) atoms. The Morgan fingerprint density at radius 1 is 1.15 bits per heavy atom. The van der Waals surface area contributed by atoms with Crippen molar-refractivity contribution in [3.05, 3.63) is 75.9 Å². The molecule has 7 nitrogen and oxygen atoms in total. The summed E-state index contributed by atoms with van der Waals surface area (Å²) in [7, 11) is 0. The Balaban J connectivity index is 1.73. The van der Waals surface area contributed by atoms with Gasteiger partial charge in [-0.3, -0.25) is 14.2 Å². The lowest BCUT2D eigenvalue weighted by molar-refractivity contribution is -0.115. The fourth-order valence-electron chi connectivity index (χ4n) is 3.31. The Morgan fingerprint density at radius 2 is 1.91 bits per heavy atom. The van der Waals surface area contributed by atoms with Crippen LogP contribution in [-0.4, -0.2) is 30.5 Å². The number of benzene rings is 2. The van der Waals surface area contributed by atoms with E-state index >= 15 is 0 Å². The monoisotopic (exact) mass is 485 g/mol. The summed E-state index contributed by atoms with van der Waals surface area (Å²) in [6.07, 6.45) is 1.62. The van der Waals surface area contributed by atoms with E-state index in [2.05, 4.69) is 15.4 Å². The number of hydrogen-bond donors (Lipinski definition) is 1. The van der Waals surface area contributed by atoms with Crippen molar-refractivity contribution in [3.63, 3.8) is 0 Å². The van der Waals surface area contributed by atoms with E-state index in [0.29, 0.717) is 27.6 Å². The smallest absolute Gasteiger partial charge is 0.266 e. The maximum absolute atomic E-state index is 13.8. The zero-order valence-corrected chi connectivity index (χ0v) is 19.7. The molecule has 0 aliphatic rings. The van der Waals surface area contributed by atoms with Crippen molar-refractivity contribution in [1.29, 1.82) is 0 Å². The molecule has 0 fully saturated rings. The molecule has 2 heterocycles. The summed E-state index contributed by atoms with van der Waals surface area (Å²) in [6.45, 7) is 5.65. The molecule has 0 radical (unpaired) electrons. The van der Waals surface area contributed by atoms with Gasteiger partial charge in [0.1, 0.15) is 11.6 Å². The number of rotatable bonds is 6. The van der Waals surface area contributed by atoms with E-state index in [4.69, 9.17) is 11.6 Å². The normalized spacial score (nSPS) is 12.3. The van der Waals surface area contributed by atoms with Crippen LogP contribution < -0.4 is 10.9 Å². The molecule has 1 unspecified atom stereocenters. The van der Waals surface area contributed by atoms with Gasteiger partial charge in [-0.1, -0.05) is 35.5 Å². The molecular weight excluding hydrogens is 465 g/mol. The quantitative estimate of drug-likeness (QED) is 0.304. The van der Waals surface area contributed by atoms with Crippen LogP contribution in [-0.2, 0) is 4.79 Å². The number of nitrogens with zero attached hydrogens (tertiary/aromatic N) is 4. The van der Waals surface area contributed by atoms with Gasteiger partial charge < -0.3 is 5.32 Å². The van der Waals surface area contributed by atoms with Crippen LogP contribution in [0.25, 0.3) is 16.6 Å². The van der Waals surface area contributed by atoms with Crippen molar-refractivity contribution < 1.29 is 9.18 Å². The largest absolute Gasteiger partial charge is 0.310 e. The van der Waals surface area contributed by atoms with Crippen LogP contribution in [0.15, 0.2) is 64.7 Å². The Labute approximate surface area is 198 Å². The fraction of sp³-hybridized carbons (Fsp3) is 0.217. The van der Waals surface area contributed by atoms with E-state index < -0.39 is 11.1 Å². The SMILES string of the molecule is CC(Sc1nc2ccccc2c(=O)n1-c1ccc(F)c(Cl)c1)C(=O)Nc1ccnn1C(C)C. The second-order valence-electron chi connectivity index (χ2n) is 7.65. The number of carbonyl (C=O) groups excluding carboxylic acids is 1. The van der Waals surface area contributed by atoms with Gasteiger partial charge in [0.25, 0.3) is 5.56 Å². The lowest BCUT2D eigenvalue weighted by Gasteiger charge is -2.17. The molecule has 1 N–H and O–H groups in total.